The van der Waals surface area contributed by atoms with Crippen LogP contribution in [0.2, 0.25) is 0 Å². The highest BCUT2D eigenvalue weighted by Gasteiger charge is 2.11. The van der Waals surface area contributed by atoms with Gasteiger partial charge < -0.3 is 4.74 Å². The molecule has 0 radical (unpaired) electrons. The third kappa shape index (κ3) is 1.86. The summed E-state index contributed by atoms with van der Waals surface area (Å²) < 4.78 is 8.12. The van der Waals surface area contributed by atoms with E-state index in [1.54, 1.807) is 7.11 Å². The highest BCUT2D eigenvalue weighted by molar-refractivity contribution is 9.13. The Morgan fingerprint density at radius 2 is 1.75 bits per heavy atom. The molecule has 1 nitrogen and oxygen atoms in total. The largest absolute Gasteiger partial charge is 0.494 e. The van der Waals surface area contributed by atoms with Gasteiger partial charge in [0.05, 0.1) is 16.1 Å². The van der Waals surface area contributed by atoms with Gasteiger partial charge in [-0.3, -0.25) is 0 Å². The van der Waals surface area contributed by atoms with Gasteiger partial charge in [-0.15, -0.1) is 0 Å². The SMILES string of the molecule is COc1c(Br)cc(C)c(Br)c1Br. The first-order valence-corrected chi connectivity index (χ1v) is 5.64. The first-order chi connectivity index (χ1) is 5.57. The van der Waals surface area contributed by atoms with Gasteiger partial charge in [0.1, 0.15) is 5.75 Å². The molecule has 0 heterocycles. The molecule has 1 rings (SSSR count). The molecule has 1 aromatic rings. The second-order valence-corrected chi connectivity index (χ2v) is 4.78. The summed E-state index contributed by atoms with van der Waals surface area (Å²) in [6.07, 6.45) is 0. The molecule has 66 valence electrons. The molecule has 12 heavy (non-hydrogen) atoms. The van der Waals surface area contributed by atoms with Crippen molar-refractivity contribution in [1.82, 2.24) is 0 Å². The lowest BCUT2D eigenvalue weighted by atomic mass is 10.2. The summed E-state index contributed by atoms with van der Waals surface area (Å²) in [5, 5.41) is 0. The molecule has 0 spiro atoms. The van der Waals surface area contributed by atoms with E-state index in [-0.39, 0.29) is 0 Å². The van der Waals surface area contributed by atoms with Gasteiger partial charge in [0.25, 0.3) is 0 Å². The maximum atomic E-state index is 5.19. The standard InChI is InChI=1S/C8H7Br3O/c1-4-3-5(9)8(12-2)7(11)6(4)10/h3H,1-2H3. The maximum absolute atomic E-state index is 5.19. The van der Waals surface area contributed by atoms with Gasteiger partial charge in [-0.2, -0.15) is 0 Å². The highest BCUT2D eigenvalue weighted by atomic mass is 79.9. The molecule has 0 saturated carbocycles. The maximum Gasteiger partial charge on any atom is 0.148 e. The van der Waals surface area contributed by atoms with Crippen molar-refractivity contribution >= 4 is 47.8 Å². The Morgan fingerprint density at radius 1 is 1.17 bits per heavy atom. The predicted octanol–water partition coefficient (Wildman–Crippen LogP) is 4.29. The number of aryl methyl sites for hydroxylation is 1. The lowest BCUT2D eigenvalue weighted by Crippen LogP contribution is -1.88. The molecule has 0 unspecified atom stereocenters. The molecule has 1 aromatic carbocycles. The summed E-state index contributed by atoms with van der Waals surface area (Å²) in [7, 11) is 1.65. The first-order valence-electron chi connectivity index (χ1n) is 3.26. The summed E-state index contributed by atoms with van der Waals surface area (Å²) in [4.78, 5) is 0. The van der Waals surface area contributed by atoms with Gasteiger partial charge in [-0.05, 0) is 66.3 Å². The normalized spacial score (nSPS) is 10.1. The van der Waals surface area contributed by atoms with Crippen molar-refractivity contribution in [2.45, 2.75) is 6.92 Å². The number of rotatable bonds is 1. The van der Waals surface area contributed by atoms with Crippen LogP contribution in [0.5, 0.6) is 5.75 Å². The molecule has 0 fully saturated rings. The molecule has 0 atom stereocenters. The van der Waals surface area contributed by atoms with Crippen LogP contribution in [0.15, 0.2) is 19.5 Å². The lowest BCUT2D eigenvalue weighted by molar-refractivity contribution is 0.409. The quantitative estimate of drug-likeness (QED) is 0.680. The average Bonchev–Trinajstić information content (AvgIpc) is 2.01. The number of methoxy groups -OCH3 is 1. The van der Waals surface area contributed by atoms with E-state index in [9.17, 15) is 0 Å². The van der Waals surface area contributed by atoms with E-state index in [0.717, 1.165) is 24.7 Å². The molecule has 0 bridgehead atoms. The van der Waals surface area contributed by atoms with Crippen molar-refractivity contribution in [2.75, 3.05) is 7.11 Å². The van der Waals surface area contributed by atoms with Crippen LogP contribution >= 0.6 is 47.8 Å². The van der Waals surface area contributed by atoms with Gasteiger partial charge in [-0.1, -0.05) is 0 Å². The van der Waals surface area contributed by atoms with Crippen molar-refractivity contribution in [3.8, 4) is 5.75 Å². The summed E-state index contributed by atoms with van der Waals surface area (Å²) in [5.74, 6) is 0.812. The summed E-state index contributed by atoms with van der Waals surface area (Å²) in [6, 6.07) is 2.01. The van der Waals surface area contributed by atoms with Crippen LogP contribution in [-0.2, 0) is 0 Å². The third-order valence-corrected chi connectivity index (χ3v) is 4.40. The first kappa shape index (κ1) is 10.5. The van der Waals surface area contributed by atoms with Crippen LogP contribution in [0.4, 0.5) is 0 Å². The second kappa shape index (κ2) is 4.11. The van der Waals surface area contributed by atoms with Crippen LogP contribution in [0.1, 0.15) is 5.56 Å². The van der Waals surface area contributed by atoms with Crippen molar-refractivity contribution < 1.29 is 4.74 Å². The number of halogens is 3. The van der Waals surface area contributed by atoms with E-state index >= 15 is 0 Å². The molecule has 0 aliphatic heterocycles. The van der Waals surface area contributed by atoms with Crippen molar-refractivity contribution in [1.29, 1.82) is 0 Å². The zero-order valence-electron chi connectivity index (χ0n) is 6.62. The van der Waals surface area contributed by atoms with Gasteiger partial charge in [0.2, 0.25) is 0 Å². The Labute approximate surface area is 96.9 Å². The fourth-order valence-electron chi connectivity index (χ4n) is 0.884. The molecule has 0 aromatic heterocycles. The third-order valence-electron chi connectivity index (χ3n) is 1.50. The molecular formula is C8H7Br3O. The fraction of sp³-hybridized carbons (Fsp3) is 0.250. The van der Waals surface area contributed by atoms with E-state index < -0.39 is 0 Å². The minimum absolute atomic E-state index is 0.812. The van der Waals surface area contributed by atoms with Gasteiger partial charge in [-0.25, -0.2) is 0 Å². The second-order valence-electron chi connectivity index (χ2n) is 2.34. The van der Waals surface area contributed by atoms with Crippen LogP contribution < -0.4 is 4.74 Å². The average molecular weight is 359 g/mol. The van der Waals surface area contributed by atoms with Crippen molar-refractivity contribution in [3.05, 3.63) is 25.0 Å². The molecule has 0 aliphatic carbocycles. The Morgan fingerprint density at radius 3 is 2.25 bits per heavy atom. The van der Waals surface area contributed by atoms with Crippen molar-refractivity contribution in [3.63, 3.8) is 0 Å². The molecule has 0 amide bonds. The minimum Gasteiger partial charge on any atom is -0.494 e. The highest BCUT2D eigenvalue weighted by Crippen LogP contribution is 2.40. The number of hydrogen-bond donors (Lipinski definition) is 0. The Balaban J connectivity index is 3.40. The van der Waals surface area contributed by atoms with Crippen molar-refractivity contribution in [2.24, 2.45) is 0 Å². The fourth-order valence-corrected chi connectivity index (χ4v) is 2.84. The molecule has 0 saturated heterocycles. The van der Waals surface area contributed by atoms with E-state index in [2.05, 4.69) is 47.8 Å². The van der Waals surface area contributed by atoms with Crippen LogP contribution in [-0.4, -0.2) is 7.11 Å². The number of hydrogen-bond acceptors (Lipinski definition) is 1. The van der Waals surface area contributed by atoms with E-state index in [0.29, 0.717) is 0 Å². The number of benzene rings is 1. The molecular weight excluding hydrogens is 352 g/mol. The van der Waals surface area contributed by atoms with Crippen LogP contribution in [0, 0.1) is 6.92 Å². The van der Waals surface area contributed by atoms with E-state index in [1.165, 1.54) is 0 Å². The molecule has 0 N–H and O–H groups in total. The van der Waals surface area contributed by atoms with Crippen LogP contribution in [0.3, 0.4) is 0 Å². The zero-order valence-corrected chi connectivity index (χ0v) is 11.4. The Kier molecular flexibility index (Phi) is 3.61. The number of ether oxygens (including phenoxy) is 1. The summed E-state index contributed by atoms with van der Waals surface area (Å²) >= 11 is 10.3. The smallest absolute Gasteiger partial charge is 0.148 e. The van der Waals surface area contributed by atoms with E-state index in [4.69, 9.17) is 4.74 Å². The minimum atomic E-state index is 0.812. The lowest BCUT2D eigenvalue weighted by Gasteiger charge is -2.09. The van der Waals surface area contributed by atoms with Gasteiger partial charge in [0.15, 0.2) is 0 Å². The predicted molar refractivity (Wildman–Crippen MR) is 60.8 cm³/mol. The molecule has 4 heteroatoms. The topological polar surface area (TPSA) is 9.23 Å². The Hall–Kier alpha value is 0.460. The Bertz CT molecular complexity index is 310. The zero-order chi connectivity index (χ0) is 9.30. The molecule has 0 aliphatic rings. The summed E-state index contributed by atoms with van der Waals surface area (Å²) in [6.45, 7) is 2.03. The van der Waals surface area contributed by atoms with Gasteiger partial charge >= 0.3 is 0 Å². The van der Waals surface area contributed by atoms with E-state index in [1.807, 2.05) is 13.0 Å². The van der Waals surface area contributed by atoms with Crippen LogP contribution in [0.25, 0.3) is 0 Å². The monoisotopic (exact) mass is 356 g/mol. The summed E-state index contributed by atoms with van der Waals surface area (Å²) in [5.41, 5.74) is 1.16. The van der Waals surface area contributed by atoms with Gasteiger partial charge in [0, 0.05) is 4.47 Å².